The molecule has 0 amide bonds. The molecule has 0 bridgehead atoms. The fourth-order valence-electron chi connectivity index (χ4n) is 3.72. The Balaban J connectivity index is 1.43. The molecule has 2 nitrogen and oxygen atoms in total. The average molecular weight is 535 g/mol. The molecule has 0 atom stereocenters. The van der Waals surface area contributed by atoms with Crippen molar-refractivity contribution >= 4 is 11.5 Å². The van der Waals surface area contributed by atoms with E-state index in [0.29, 0.717) is 0 Å². The number of hydrogen-bond acceptors (Lipinski definition) is 2. The minimum absolute atomic E-state index is 0.0894. The van der Waals surface area contributed by atoms with Crippen molar-refractivity contribution in [1.82, 2.24) is 0 Å². The summed E-state index contributed by atoms with van der Waals surface area (Å²) < 4.78 is 2.52. The summed E-state index contributed by atoms with van der Waals surface area (Å²) in [6.45, 7) is 2.29. The molecule has 0 saturated carbocycles. The SMILES string of the molecule is CCCCCCCCCCCCCC[I-]CNc1ccc(C(=O)c2ccccc2)cc1. The summed E-state index contributed by atoms with van der Waals surface area (Å²) in [7, 11) is 0. The molecular formula is C28H41INO-. The molecule has 0 aliphatic carbocycles. The second kappa shape index (κ2) is 17.2. The van der Waals surface area contributed by atoms with Crippen molar-refractivity contribution in [3.05, 3.63) is 65.7 Å². The number of hydrogen-bond donors (Lipinski definition) is 1. The molecule has 0 unspecified atom stereocenters. The van der Waals surface area contributed by atoms with Gasteiger partial charge in [0.25, 0.3) is 0 Å². The van der Waals surface area contributed by atoms with E-state index in [2.05, 4.69) is 12.2 Å². The van der Waals surface area contributed by atoms with Crippen LogP contribution in [0.5, 0.6) is 0 Å². The molecule has 1 N–H and O–H groups in total. The maximum atomic E-state index is 12.5. The van der Waals surface area contributed by atoms with Crippen LogP contribution in [0.25, 0.3) is 0 Å². The second-order valence-electron chi connectivity index (χ2n) is 8.35. The summed E-state index contributed by atoms with van der Waals surface area (Å²) in [5.41, 5.74) is 2.62. The van der Waals surface area contributed by atoms with Crippen molar-refractivity contribution in [3.63, 3.8) is 0 Å². The van der Waals surface area contributed by atoms with Gasteiger partial charge in [-0.25, -0.2) is 0 Å². The van der Waals surface area contributed by atoms with E-state index >= 15 is 0 Å². The van der Waals surface area contributed by atoms with E-state index in [0.717, 1.165) is 21.4 Å². The fraction of sp³-hybridized carbons (Fsp3) is 0.536. The monoisotopic (exact) mass is 534 g/mol. The van der Waals surface area contributed by atoms with Crippen molar-refractivity contribution in [2.24, 2.45) is 0 Å². The van der Waals surface area contributed by atoms with Crippen LogP contribution in [0.2, 0.25) is 0 Å². The Kier molecular flexibility index (Phi) is 14.4. The zero-order valence-electron chi connectivity index (χ0n) is 19.4. The normalized spacial score (nSPS) is 11.0. The summed E-state index contributed by atoms with van der Waals surface area (Å²) in [5.74, 6) is 0.0894. The van der Waals surface area contributed by atoms with Crippen molar-refractivity contribution in [1.29, 1.82) is 0 Å². The number of rotatable bonds is 18. The minimum atomic E-state index is 0.0894. The van der Waals surface area contributed by atoms with E-state index in [1.165, 1.54) is 81.5 Å². The molecule has 0 radical (unpaired) electrons. The Morgan fingerprint density at radius 2 is 1.19 bits per heavy atom. The Bertz CT molecular complexity index is 699. The summed E-state index contributed by atoms with van der Waals surface area (Å²) in [6.07, 6.45) is 17.1. The number of ketones is 1. The number of carbonyl (C=O) groups is 1. The summed E-state index contributed by atoms with van der Waals surface area (Å²) in [6, 6.07) is 17.4. The fourth-order valence-corrected chi connectivity index (χ4v) is 5.89. The standard InChI is InChI=1S/C28H41INO/c1-2-3-4-5-6-7-8-9-10-11-12-16-23-29-24-30-27-21-19-26(20-22-27)28(31)25-17-14-13-15-18-25/h13-15,17-22,30H,2-12,16,23-24H2,1H3/q-1. The summed E-state index contributed by atoms with van der Waals surface area (Å²) >= 11 is 0.223. The van der Waals surface area contributed by atoms with Crippen LogP contribution in [0.1, 0.15) is 99.9 Å². The first kappa shape index (κ1) is 25.9. The molecule has 0 aliphatic rings. The number of unbranched alkanes of at least 4 members (excludes halogenated alkanes) is 11. The van der Waals surface area contributed by atoms with Crippen LogP contribution in [0.3, 0.4) is 0 Å². The second-order valence-corrected chi connectivity index (χ2v) is 11.3. The van der Waals surface area contributed by atoms with E-state index in [4.69, 9.17) is 0 Å². The van der Waals surface area contributed by atoms with E-state index in [1.807, 2.05) is 54.6 Å². The van der Waals surface area contributed by atoms with Crippen LogP contribution in [0.15, 0.2) is 54.6 Å². The van der Waals surface area contributed by atoms with Crippen LogP contribution in [-0.4, -0.2) is 14.8 Å². The molecule has 0 aliphatic heterocycles. The number of carbonyl (C=O) groups excluding carboxylic acids is 1. The van der Waals surface area contributed by atoms with Crippen molar-refractivity contribution in [3.8, 4) is 0 Å². The Hall–Kier alpha value is -1.36. The number of anilines is 1. The van der Waals surface area contributed by atoms with Gasteiger partial charge < -0.3 is 0 Å². The van der Waals surface area contributed by atoms with Crippen molar-refractivity contribution in [2.75, 3.05) is 14.3 Å². The van der Waals surface area contributed by atoms with Gasteiger partial charge >= 0.3 is 188 Å². The van der Waals surface area contributed by atoms with Crippen LogP contribution in [-0.2, 0) is 0 Å². The van der Waals surface area contributed by atoms with Crippen molar-refractivity contribution < 1.29 is 26.0 Å². The maximum absolute atomic E-state index is 12.5. The topological polar surface area (TPSA) is 29.1 Å². The summed E-state index contributed by atoms with van der Waals surface area (Å²) in [4.78, 5) is 12.5. The zero-order valence-corrected chi connectivity index (χ0v) is 21.5. The van der Waals surface area contributed by atoms with Gasteiger partial charge in [0.05, 0.1) is 0 Å². The number of nitrogens with one attached hydrogen (secondary N) is 1. The average Bonchev–Trinajstić information content (AvgIpc) is 2.82. The van der Waals surface area contributed by atoms with Gasteiger partial charge in [-0.05, 0) is 0 Å². The molecule has 0 aromatic heterocycles. The van der Waals surface area contributed by atoms with Gasteiger partial charge in [-0.2, -0.15) is 0 Å². The van der Waals surface area contributed by atoms with Crippen molar-refractivity contribution in [2.45, 2.75) is 84.0 Å². The molecule has 2 rings (SSSR count). The van der Waals surface area contributed by atoms with Gasteiger partial charge in [0.2, 0.25) is 0 Å². The predicted octanol–water partition coefficient (Wildman–Crippen LogP) is 5.08. The van der Waals surface area contributed by atoms with E-state index in [-0.39, 0.29) is 27.0 Å². The van der Waals surface area contributed by atoms with Gasteiger partial charge in [0.1, 0.15) is 0 Å². The molecule has 3 heteroatoms. The molecule has 0 spiro atoms. The van der Waals surface area contributed by atoms with Gasteiger partial charge in [-0.15, -0.1) is 0 Å². The first-order chi connectivity index (χ1) is 15.3. The molecule has 0 saturated heterocycles. The Morgan fingerprint density at radius 3 is 1.77 bits per heavy atom. The van der Waals surface area contributed by atoms with Crippen LogP contribution < -0.4 is 26.5 Å². The molecule has 0 heterocycles. The summed E-state index contributed by atoms with van der Waals surface area (Å²) in [5, 5.41) is 3.53. The Morgan fingerprint density at radius 1 is 0.677 bits per heavy atom. The molecule has 2 aromatic carbocycles. The number of alkyl halides is 2. The predicted molar refractivity (Wildman–Crippen MR) is 131 cm³/mol. The van der Waals surface area contributed by atoms with Crippen LogP contribution in [0.4, 0.5) is 5.69 Å². The van der Waals surface area contributed by atoms with Gasteiger partial charge in [0, 0.05) is 0 Å². The Labute approximate surface area is 200 Å². The first-order valence-electron chi connectivity index (χ1n) is 12.3. The van der Waals surface area contributed by atoms with Crippen LogP contribution in [0, 0.1) is 0 Å². The third-order valence-electron chi connectivity index (χ3n) is 5.67. The zero-order chi connectivity index (χ0) is 22.0. The number of halogens is 1. The quantitative estimate of drug-likeness (QED) is 0.0951. The number of benzene rings is 2. The third kappa shape index (κ3) is 11.7. The first-order valence-corrected chi connectivity index (χ1v) is 15.3. The molecule has 2 aromatic rings. The van der Waals surface area contributed by atoms with E-state index in [9.17, 15) is 4.79 Å². The molecule has 31 heavy (non-hydrogen) atoms. The van der Waals surface area contributed by atoms with E-state index < -0.39 is 0 Å². The van der Waals surface area contributed by atoms with Gasteiger partial charge in [0.15, 0.2) is 0 Å². The van der Waals surface area contributed by atoms with Gasteiger partial charge in [-0.1, -0.05) is 13.3 Å². The molecular weight excluding hydrogens is 493 g/mol. The van der Waals surface area contributed by atoms with E-state index in [1.54, 1.807) is 0 Å². The third-order valence-corrected chi connectivity index (χ3v) is 8.12. The van der Waals surface area contributed by atoms with Crippen LogP contribution >= 0.6 is 0 Å². The molecule has 172 valence electrons. The molecule has 0 fully saturated rings. The van der Waals surface area contributed by atoms with Gasteiger partial charge in [-0.3, -0.25) is 0 Å².